The molecule has 2 rings (SSSR count). The fourth-order valence-corrected chi connectivity index (χ4v) is 2.02. The quantitative estimate of drug-likeness (QED) is 0.940. The van der Waals surface area contributed by atoms with E-state index in [-0.39, 0.29) is 17.7 Å². The second-order valence-corrected chi connectivity index (χ2v) is 4.41. The van der Waals surface area contributed by atoms with Gasteiger partial charge in [-0.05, 0) is 34.1 Å². The molecule has 0 amide bonds. The lowest BCUT2D eigenvalue weighted by atomic mass is 10.1. The Labute approximate surface area is 105 Å². The molecule has 1 aromatic heterocycles. The van der Waals surface area contributed by atoms with E-state index in [2.05, 4.69) is 15.9 Å². The molecular weight excluding hydrogens is 294 g/mol. The highest BCUT2D eigenvalue weighted by molar-refractivity contribution is 9.10. The maximum absolute atomic E-state index is 13.4. The Kier molecular flexibility index (Phi) is 3.59. The van der Waals surface area contributed by atoms with Crippen LogP contribution in [0.4, 0.5) is 8.78 Å². The number of hydrogen-bond acceptors (Lipinski definition) is 2. The van der Waals surface area contributed by atoms with Crippen molar-refractivity contribution in [2.24, 2.45) is 0 Å². The van der Waals surface area contributed by atoms with Crippen LogP contribution in [0.25, 0.3) is 0 Å². The highest BCUT2D eigenvalue weighted by Crippen LogP contribution is 2.28. The van der Waals surface area contributed by atoms with E-state index < -0.39 is 17.7 Å². The molecule has 5 heteroatoms. The zero-order valence-corrected chi connectivity index (χ0v) is 10.2. The van der Waals surface area contributed by atoms with Gasteiger partial charge in [-0.3, -0.25) is 0 Å². The summed E-state index contributed by atoms with van der Waals surface area (Å²) in [6.45, 7) is 0. The van der Waals surface area contributed by atoms with Crippen molar-refractivity contribution < 1.29 is 18.3 Å². The van der Waals surface area contributed by atoms with Gasteiger partial charge in [0, 0.05) is 12.0 Å². The second kappa shape index (κ2) is 4.98. The first-order chi connectivity index (χ1) is 8.09. The number of aliphatic hydroxyl groups excluding tert-OH is 1. The lowest BCUT2D eigenvalue weighted by Gasteiger charge is -2.10. The third kappa shape index (κ3) is 2.56. The maximum atomic E-state index is 13.4. The molecule has 17 heavy (non-hydrogen) atoms. The lowest BCUT2D eigenvalue weighted by molar-refractivity contribution is 0.147. The summed E-state index contributed by atoms with van der Waals surface area (Å²) in [6, 6.07) is 5.20. The molecule has 1 heterocycles. The Morgan fingerprint density at radius 1 is 1.24 bits per heavy atom. The van der Waals surface area contributed by atoms with Gasteiger partial charge < -0.3 is 9.52 Å². The van der Waals surface area contributed by atoms with Crippen LogP contribution in [0.3, 0.4) is 0 Å². The van der Waals surface area contributed by atoms with Crippen LogP contribution in [-0.2, 0) is 6.42 Å². The van der Waals surface area contributed by atoms with Crippen molar-refractivity contribution in [3.05, 3.63) is 58.0 Å². The standard InChI is InChI=1S/C12H9BrF2O2/c13-8-4-5-17-12(8)11(16)6-7-9(14)2-1-3-10(7)15/h1-5,11,16H,6H2. The smallest absolute Gasteiger partial charge is 0.146 e. The van der Waals surface area contributed by atoms with Crippen LogP contribution in [0.1, 0.15) is 17.4 Å². The van der Waals surface area contributed by atoms with Crippen LogP contribution in [-0.4, -0.2) is 5.11 Å². The molecule has 2 aromatic rings. The first kappa shape index (κ1) is 12.3. The van der Waals surface area contributed by atoms with Crippen molar-refractivity contribution in [3.8, 4) is 0 Å². The average molecular weight is 303 g/mol. The van der Waals surface area contributed by atoms with Gasteiger partial charge in [-0.2, -0.15) is 0 Å². The number of benzene rings is 1. The Bertz CT molecular complexity index is 505. The largest absolute Gasteiger partial charge is 0.465 e. The summed E-state index contributed by atoms with van der Waals surface area (Å²) in [5.74, 6) is -1.09. The van der Waals surface area contributed by atoms with E-state index >= 15 is 0 Å². The van der Waals surface area contributed by atoms with Crippen LogP contribution >= 0.6 is 15.9 Å². The van der Waals surface area contributed by atoms with E-state index in [0.717, 1.165) is 12.1 Å². The summed E-state index contributed by atoms with van der Waals surface area (Å²) < 4.78 is 32.3. The summed E-state index contributed by atoms with van der Waals surface area (Å²) in [5.41, 5.74) is -0.150. The first-order valence-electron chi connectivity index (χ1n) is 4.93. The Morgan fingerprint density at radius 2 is 1.88 bits per heavy atom. The maximum Gasteiger partial charge on any atom is 0.146 e. The topological polar surface area (TPSA) is 33.4 Å². The molecule has 1 atom stereocenters. The molecule has 0 fully saturated rings. The van der Waals surface area contributed by atoms with Crippen LogP contribution < -0.4 is 0 Å². The minimum atomic E-state index is -1.09. The summed E-state index contributed by atoms with van der Waals surface area (Å²) in [4.78, 5) is 0. The van der Waals surface area contributed by atoms with Gasteiger partial charge in [0.2, 0.25) is 0 Å². The molecule has 0 spiro atoms. The van der Waals surface area contributed by atoms with Crippen LogP contribution in [0.5, 0.6) is 0 Å². The molecule has 1 N–H and O–H groups in total. The molecule has 0 saturated carbocycles. The molecule has 1 unspecified atom stereocenters. The lowest BCUT2D eigenvalue weighted by Crippen LogP contribution is -2.05. The Hall–Kier alpha value is -1.20. The van der Waals surface area contributed by atoms with Crippen LogP contribution in [0.15, 0.2) is 39.4 Å². The molecule has 90 valence electrons. The number of rotatable bonds is 3. The number of halogens is 3. The average Bonchev–Trinajstić information content (AvgIpc) is 2.70. The predicted octanol–water partition coefficient (Wildman–Crippen LogP) is 3.60. The molecule has 0 aliphatic carbocycles. The Balaban J connectivity index is 2.25. The highest BCUT2D eigenvalue weighted by atomic mass is 79.9. The molecule has 0 aliphatic heterocycles. The fraction of sp³-hybridized carbons (Fsp3) is 0.167. The molecule has 1 aromatic carbocycles. The predicted molar refractivity (Wildman–Crippen MR) is 61.4 cm³/mol. The van der Waals surface area contributed by atoms with E-state index in [1.807, 2.05) is 0 Å². The zero-order chi connectivity index (χ0) is 12.4. The molecule has 0 bridgehead atoms. The molecule has 0 radical (unpaired) electrons. The summed E-state index contributed by atoms with van der Waals surface area (Å²) in [5, 5.41) is 9.84. The van der Waals surface area contributed by atoms with Gasteiger partial charge in [0.25, 0.3) is 0 Å². The number of hydrogen-bond donors (Lipinski definition) is 1. The van der Waals surface area contributed by atoms with Gasteiger partial charge in [0.05, 0.1) is 10.7 Å². The third-order valence-electron chi connectivity index (χ3n) is 2.41. The minimum absolute atomic E-state index is 0.150. The van der Waals surface area contributed by atoms with Crippen LogP contribution in [0.2, 0.25) is 0 Å². The van der Waals surface area contributed by atoms with Gasteiger partial charge in [0.15, 0.2) is 0 Å². The highest BCUT2D eigenvalue weighted by Gasteiger charge is 2.19. The molecule has 2 nitrogen and oxygen atoms in total. The first-order valence-corrected chi connectivity index (χ1v) is 5.72. The second-order valence-electron chi connectivity index (χ2n) is 3.55. The van der Waals surface area contributed by atoms with Gasteiger partial charge in [-0.25, -0.2) is 8.78 Å². The van der Waals surface area contributed by atoms with Crippen molar-refractivity contribution in [1.82, 2.24) is 0 Å². The number of aliphatic hydroxyl groups is 1. The Morgan fingerprint density at radius 3 is 2.41 bits per heavy atom. The van der Waals surface area contributed by atoms with Crippen molar-refractivity contribution in [2.45, 2.75) is 12.5 Å². The van der Waals surface area contributed by atoms with Crippen LogP contribution in [0, 0.1) is 11.6 Å². The van der Waals surface area contributed by atoms with E-state index in [1.54, 1.807) is 6.07 Å². The molecule has 0 saturated heterocycles. The van der Waals surface area contributed by atoms with E-state index in [4.69, 9.17) is 4.42 Å². The van der Waals surface area contributed by atoms with Gasteiger partial charge >= 0.3 is 0 Å². The minimum Gasteiger partial charge on any atom is -0.465 e. The molecular formula is C12H9BrF2O2. The summed E-state index contributed by atoms with van der Waals surface area (Å²) >= 11 is 3.18. The van der Waals surface area contributed by atoms with E-state index in [9.17, 15) is 13.9 Å². The van der Waals surface area contributed by atoms with Crippen molar-refractivity contribution in [2.75, 3.05) is 0 Å². The summed E-state index contributed by atoms with van der Waals surface area (Å²) in [7, 11) is 0. The monoisotopic (exact) mass is 302 g/mol. The van der Waals surface area contributed by atoms with E-state index in [1.165, 1.54) is 12.3 Å². The van der Waals surface area contributed by atoms with Gasteiger partial charge in [-0.15, -0.1) is 0 Å². The SMILES string of the molecule is OC(Cc1c(F)cccc1F)c1occc1Br. The van der Waals surface area contributed by atoms with Gasteiger partial charge in [0.1, 0.15) is 23.5 Å². The van der Waals surface area contributed by atoms with Crippen molar-refractivity contribution in [1.29, 1.82) is 0 Å². The molecule has 0 aliphatic rings. The summed E-state index contributed by atoms with van der Waals surface area (Å²) in [6.07, 6.45) is 0.121. The van der Waals surface area contributed by atoms with Crippen molar-refractivity contribution >= 4 is 15.9 Å². The zero-order valence-electron chi connectivity index (χ0n) is 8.66. The van der Waals surface area contributed by atoms with E-state index in [0.29, 0.717) is 4.47 Å². The van der Waals surface area contributed by atoms with Gasteiger partial charge in [-0.1, -0.05) is 6.07 Å². The fourth-order valence-electron chi connectivity index (χ4n) is 1.56. The number of furan rings is 1. The normalized spacial score (nSPS) is 12.7. The third-order valence-corrected chi connectivity index (χ3v) is 3.06. The van der Waals surface area contributed by atoms with Crippen molar-refractivity contribution in [3.63, 3.8) is 0 Å².